The minimum Gasteiger partial charge on any atom is -0.481 e. The summed E-state index contributed by atoms with van der Waals surface area (Å²) in [6.45, 7) is 3.99. The zero-order valence-corrected chi connectivity index (χ0v) is 13.9. The number of benzene rings is 1. The Morgan fingerprint density at radius 2 is 2.19 bits per heavy atom. The number of fused-ring (bicyclic) bond motifs is 1. The first-order valence-electron chi connectivity index (χ1n) is 7.24. The highest BCUT2D eigenvalue weighted by molar-refractivity contribution is 9.10. The monoisotopic (exact) mass is 350 g/mol. The van der Waals surface area contributed by atoms with Crippen LogP contribution in [0, 0.1) is 5.41 Å². The molecule has 4 nitrogen and oxygen atoms in total. The summed E-state index contributed by atoms with van der Waals surface area (Å²) in [5, 5.41) is 9.06. The van der Waals surface area contributed by atoms with E-state index in [2.05, 4.69) is 26.6 Å². The number of aromatic nitrogens is 2. The van der Waals surface area contributed by atoms with Crippen LogP contribution in [0.15, 0.2) is 22.7 Å². The van der Waals surface area contributed by atoms with E-state index in [1.165, 1.54) is 12.8 Å². The lowest BCUT2D eigenvalue weighted by molar-refractivity contribution is -0.139. The number of carboxylic acid groups (broad SMARTS) is 1. The van der Waals surface area contributed by atoms with Crippen molar-refractivity contribution in [2.75, 3.05) is 0 Å². The fourth-order valence-electron chi connectivity index (χ4n) is 2.89. The Hall–Kier alpha value is -1.36. The molecule has 0 unspecified atom stereocenters. The third kappa shape index (κ3) is 3.12. The van der Waals surface area contributed by atoms with E-state index in [0.717, 1.165) is 21.3 Å². The lowest BCUT2D eigenvalue weighted by Gasteiger charge is -2.22. The smallest absolute Gasteiger partial charge is 0.303 e. The van der Waals surface area contributed by atoms with Crippen molar-refractivity contribution in [1.29, 1.82) is 0 Å². The molecule has 1 aliphatic carbocycles. The van der Waals surface area contributed by atoms with E-state index in [-0.39, 0.29) is 11.8 Å². The lowest BCUT2D eigenvalue weighted by atomic mass is 9.85. The van der Waals surface area contributed by atoms with E-state index in [1.807, 2.05) is 26.0 Å². The maximum atomic E-state index is 11.0. The molecule has 0 aliphatic heterocycles. The molecule has 0 spiro atoms. The van der Waals surface area contributed by atoms with Crippen LogP contribution < -0.4 is 0 Å². The first-order chi connectivity index (χ1) is 9.85. The summed E-state index contributed by atoms with van der Waals surface area (Å²) in [6, 6.07) is 6.70. The summed E-state index contributed by atoms with van der Waals surface area (Å²) in [5.74, 6) is 0.258. The van der Waals surface area contributed by atoms with E-state index in [1.54, 1.807) is 0 Å². The Kier molecular flexibility index (Phi) is 3.56. The van der Waals surface area contributed by atoms with Crippen molar-refractivity contribution < 1.29 is 9.90 Å². The fourth-order valence-corrected chi connectivity index (χ4v) is 3.24. The molecule has 5 heteroatoms. The SMILES string of the molecule is CC(C)(CC(=O)O)Cc1nc2cc(Br)ccc2n1C1CC1. The Morgan fingerprint density at radius 1 is 1.48 bits per heavy atom. The standard InChI is InChI=1S/C16H19BrN2O2/c1-16(2,9-15(20)21)8-14-18-12-7-10(17)3-6-13(12)19(14)11-4-5-11/h3,6-7,11H,4-5,8-9H2,1-2H3,(H,20,21). The van der Waals surface area contributed by atoms with Gasteiger partial charge < -0.3 is 9.67 Å². The molecule has 0 atom stereocenters. The van der Waals surface area contributed by atoms with E-state index in [4.69, 9.17) is 10.1 Å². The normalized spacial score (nSPS) is 15.6. The van der Waals surface area contributed by atoms with Crippen LogP contribution in [0.25, 0.3) is 11.0 Å². The van der Waals surface area contributed by atoms with Crippen molar-refractivity contribution in [3.63, 3.8) is 0 Å². The number of halogens is 1. The van der Waals surface area contributed by atoms with Crippen molar-refractivity contribution >= 4 is 32.9 Å². The van der Waals surface area contributed by atoms with Gasteiger partial charge in [-0.05, 0) is 36.5 Å². The number of hydrogen-bond acceptors (Lipinski definition) is 2. The number of hydrogen-bond donors (Lipinski definition) is 1. The van der Waals surface area contributed by atoms with Crippen molar-refractivity contribution in [3.8, 4) is 0 Å². The lowest BCUT2D eigenvalue weighted by Crippen LogP contribution is -2.21. The number of carboxylic acids is 1. The summed E-state index contributed by atoms with van der Waals surface area (Å²) in [6.07, 6.45) is 3.22. The third-order valence-electron chi connectivity index (χ3n) is 3.90. The molecule has 1 saturated carbocycles. The molecule has 1 aliphatic rings. The summed E-state index contributed by atoms with van der Waals surface area (Å²) >= 11 is 3.49. The minimum absolute atomic E-state index is 0.157. The van der Waals surface area contributed by atoms with E-state index < -0.39 is 5.97 Å². The average Bonchev–Trinajstić information content (AvgIpc) is 3.09. The molecule has 21 heavy (non-hydrogen) atoms. The van der Waals surface area contributed by atoms with Gasteiger partial charge in [0.2, 0.25) is 0 Å². The van der Waals surface area contributed by atoms with Crippen molar-refractivity contribution in [2.24, 2.45) is 5.41 Å². The van der Waals surface area contributed by atoms with E-state index in [0.29, 0.717) is 12.5 Å². The maximum absolute atomic E-state index is 11.0. The molecule has 1 fully saturated rings. The molecule has 1 aromatic carbocycles. The van der Waals surface area contributed by atoms with Gasteiger partial charge in [-0.25, -0.2) is 4.98 Å². The molecule has 0 bridgehead atoms. The highest BCUT2D eigenvalue weighted by Crippen LogP contribution is 2.40. The van der Waals surface area contributed by atoms with Crippen LogP contribution >= 0.6 is 15.9 Å². The molecule has 0 saturated heterocycles. The number of nitrogens with zero attached hydrogens (tertiary/aromatic N) is 2. The van der Waals surface area contributed by atoms with Gasteiger partial charge in [-0.15, -0.1) is 0 Å². The zero-order chi connectivity index (χ0) is 15.2. The van der Waals surface area contributed by atoms with Crippen LogP contribution in [0.3, 0.4) is 0 Å². The second kappa shape index (κ2) is 5.13. The van der Waals surface area contributed by atoms with Gasteiger partial charge in [0, 0.05) is 16.9 Å². The molecular weight excluding hydrogens is 332 g/mol. The molecular formula is C16H19BrN2O2. The predicted molar refractivity (Wildman–Crippen MR) is 85.4 cm³/mol. The molecule has 1 aromatic heterocycles. The van der Waals surface area contributed by atoms with Crippen LogP contribution in [0.1, 0.15) is 45.0 Å². The van der Waals surface area contributed by atoms with E-state index >= 15 is 0 Å². The largest absolute Gasteiger partial charge is 0.481 e. The second-order valence-electron chi connectivity index (χ2n) is 6.67. The van der Waals surface area contributed by atoms with Gasteiger partial charge in [0.15, 0.2) is 0 Å². The Balaban J connectivity index is 2.01. The van der Waals surface area contributed by atoms with Crippen molar-refractivity contribution in [1.82, 2.24) is 9.55 Å². The molecule has 3 rings (SSSR count). The maximum Gasteiger partial charge on any atom is 0.303 e. The number of rotatable bonds is 5. The average molecular weight is 351 g/mol. The summed E-state index contributed by atoms with van der Waals surface area (Å²) < 4.78 is 3.33. The van der Waals surface area contributed by atoms with Crippen molar-refractivity contribution in [3.05, 3.63) is 28.5 Å². The molecule has 112 valence electrons. The predicted octanol–water partition coefficient (Wildman–Crippen LogP) is 4.18. The fraction of sp³-hybridized carbons (Fsp3) is 0.500. The van der Waals surface area contributed by atoms with Crippen LogP contribution in [-0.4, -0.2) is 20.6 Å². The highest BCUT2D eigenvalue weighted by Gasteiger charge is 2.31. The van der Waals surface area contributed by atoms with Gasteiger partial charge in [-0.3, -0.25) is 4.79 Å². The number of carbonyl (C=O) groups is 1. The van der Waals surface area contributed by atoms with Gasteiger partial charge in [-0.2, -0.15) is 0 Å². The topological polar surface area (TPSA) is 55.1 Å². The Morgan fingerprint density at radius 3 is 2.81 bits per heavy atom. The Labute approximate surface area is 132 Å². The van der Waals surface area contributed by atoms with Crippen LogP contribution in [-0.2, 0) is 11.2 Å². The van der Waals surface area contributed by atoms with Crippen molar-refractivity contribution in [2.45, 2.75) is 45.6 Å². The van der Waals surface area contributed by atoms with Gasteiger partial charge in [0.05, 0.1) is 17.5 Å². The van der Waals surface area contributed by atoms with Gasteiger partial charge in [0.1, 0.15) is 5.82 Å². The molecule has 2 aromatic rings. The first kappa shape index (κ1) is 14.6. The number of aliphatic carboxylic acids is 1. The van der Waals surface area contributed by atoms with Gasteiger partial charge >= 0.3 is 5.97 Å². The Bertz CT molecular complexity index is 702. The van der Waals surface area contributed by atoms with E-state index in [9.17, 15) is 4.79 Å². The van der Waals surface area contributed by atoms with Gasteiger partial charge in [0.25, 0.3) is 0 Å². The molecule has 0 radical (unpaired) electrons. The first-order valence-corrected chi connectivity index (χ1v) is 8.03. The third-order valence-corrected chi connectivity index (χ3v) is 4.40. The molecule has 1 heterocycles. The quantitative estimate of drug-likeness (QED) is 0.879. The number of imidazole rings is 1. The summed E-state index contributed by atoms with van der Waals surface area (Å²) in [5.41, 5.74) is 1.84. The zero-order valence-electron chi connectivity index (χ0n) is 12.3. The van der Waals surface area contributed by atoms with Crippen LogP contribution in [0.4, 0.5) is 0 Å². The minimum atomic E-state index is -0.753. The van der Waals surface area contributed by atoms with Crippen LogP contribution in [0.5, 0.6) is 0 Å². The second-order valence-corrected chi connectivity index (χ2v) is 7.59. The van der Waals surface area contributed by atoms with Gasteiger partial charge in [-0.1, -0.05) is 29.8 Å². The summed E-state index contributed by atoms with van der Waals surface area (Å²) in [4.78, 5) is 15.8. The van der Waals surface area contributed by atoms with Crippen LogP contribution in [0.2, 0.25) is 0 Å². The molecule has 1 N–H and O–H groups in total. The summed E-state index contributed by atoms with van der Waals surface area (Å²) in [7, 11) is 0. The molecule has 0 amide bonds. The highest BCUT2D eigenvalue weighted by atomic mass is 79.9.